The summed E-state index contributed by atoms with van der Waals surface area (Å²) in [6.07, 6.45) is 5.58. The Kier molecular flexibility index (Phi) is 5.57. The Balaban J connectivity index is 1.85. The monoisotopic (exact) mass is 348 g/mol. The maximum atomic E-state index is 12.9. The van der Waals surface area contributed by atoms with Crippen LogP contribution in [0.4, 0.5) is 0 Å². The highest BCUT2D eigenvalue weighted by Gasteiger charge is 2.40. The quantitative estimate of drug-likeness (QED) is 0.613. The van der Waals surface area contributed by atoms with Crippen LogP contribution in [-0.4, -0.2) is 12.4 Å². The van der Waals surface area contributed by atoms with Crippen molar-refractivity contribution in [2.75, 3.05) is 6.61 Å². The van der Waals surface area contributed by atoms with Crippen LogP contribution in [0.1, 0.15) is 31.7 Å². The second kappa shape index (κ2) is 8.05. The second-order valence-electron chi connectivity index (χ2n) is 6.42. The number of rotatable bonds is 7. The SMILES string of the molecule is C=CC[C@]1(c2ccc(Oc3ccccc3)cc2)CCC(OCC)=CC1=O. The zero-order valence-electron chi connectivity index (χ0n) is 15.1. The molecule has 0 saturated heterocycles. The van der Waals surface area contributed by atoms with Crippen molar-refractivity contribution in [2.45, 2.75) is 31.6 Å². The lowest BCUT2D eigenvalue weighted by atomic mass is 9.68. The highest BCUT2D eigenvalue weighted by molar-refractivity contribution is 6.00. The van der Waals surface area contributed by atoms with Gasteiger partial charge >= 0.3 is 0 Å². The van der Waals surface area contributed by atoms with Gasteiger partial charge in [-0.05, 0) is 49.6 Å². The third kappa shape index (κ3) is 3.72. The highest BCUT2D eigenvalue weighted by Crippen LogP contribution is 2.40. The number of para-hydroxylation sites is 1. The molecule has 2 aromatic carbocycles. The molecule has 3 nitrogen and oxygen atoms in total. The highest BCUT2D eigenvalue weighted by atomic mass is 16.5. The summed E-state index contributed by atoms with van der Waals surface area (Å²) in [6, 6.07) is 17.5. The van der Waals surface area contributed by atoms with Gasteiger partial charge in [0.25, 0.3) is 0 Å². The van der Waals surface area contributed by atoms with E-state index in [9.17, 15) is 4.79 Å². The Morgan fingerprint density at radius 3 is 2.38 bits per heavy atom. The molecule has 0 amide bonds. The molecule has 0 spiro atoms. The fourth-order valence-corrected chi connectivity index (χ4v) is 3.44. The normalized spacial score (nSPS) is 19.6. The fraction of sp³-hybridized carbons (Fsp3) is 0.261. The number of hydrogen-bond acceptors (Lipinski definition) is 3. The molecule has 1 atom stereocenters. The van der Waals surface area contributed by atoms with Crippen LogP contribution in [0.25, 0.3) is 0 Å². The fourth-order valence-electron chi connectivity index (χ4n) is 3.44. The molecule has 0 radical (unpaired) electrons. The summed E-state index contributed by atoms with van der Waals surface area (Å²) in [5.41, 5.74) is 0.433. The van der Waals surface area contributed by atoms with Crippen LogP contribution < -0.4 is 4.74 Å². The van der Waals surface area contributed by atoms with E-state index < -0.39 is 5.41 Å². The van der Waals surface area contributed by atoms with Gasteiger partial charge in [0, 0.05) is 12.5 Å². The third-order valence-electron chi connectivity index (χ3n) is 4.77. The van der Waals surface area contributed by atoms with E-state index in [1.165, 1.54) is 0 Å². The van der Waals surface area contributed by atoms with Crippen molar-refractivity contribution in [3.63, 3.8) is 0 Å². The van der Waals surface area contributed by atoms with E-state index in [-0.39, 0.29) is 5.78 Å². The molecule has 0 unspecified atom stereocenters. The minimum absolute atomic E-state index is 0.0869. The summed E-state index contributed by atoms with van der Waals surface area (Å²) in [7, 11) is 0. The Labute approximate surface area is 155 Å². The van der Waals surface area contributed by atoms with E-state index in [0.717, 1.165) is 35.7 Å². The Morgan fingerprint density at radius 1 is 1.08 bits per heavy atom. The zero-order chi connectivity index (χ0) is 18.4. The van der Waals surface area contributed by atoms with Crippen LogP contribution >= 0.6 is 0 Å². The van der Waals surface area contributed by atoms with E-state index in [1.807, 2.05) is 67.6 Å². The number of allylic oxidation sites excluding steroid dienone is 3. The van der Waals surface area contributed by atoms with Crippen molar-refractivity contribution in [3.05, 3.63) is 84.7 Å². The summed E-state index contributed by atoms with van der Waals surface area (Å²) >= 11 is 0. The van der Waals surface area contributed by atoms with Crippen LogP contribution in [0.5, 0.6) is 11.5 Å². The third-order valence-corrected chi connectivity index (χ3v) is 4.77. The van der Waals surface area contributed by atoms with E-state index in [2.05, 4.69) is 6.58 Å². The molecule has 26 heavy (non-hydrogen) atoms. The van der Waals surface area contributed by atoms with Gasteiger partial charge in [0.1, 0.15) is 11.5 Å². The summed E-state index contributed by atoms with van der Waals surface area (Å²) in [4.78, 5) is 12.9. The first kappa shape index (κ1) is 18.0. The number of ketones is 1. The number of benzene rings is 2. The molecule has 1 aliphatic rings. The largest absolute Gasteiger partial charge is 0.498 e. The van der Waals surface area contributed by atoms with Gasteiger partial charge in [0.05, 0.1) is 17.8 Å². The standard InChI is InChI=1S/C23H24O3/c1-3-15-23(16-14-21(25-4-2)17-22(23)24)18-10-12-20(13-11-18)26-19-8-6-5-7-9-19/h3,5-13,17H,1,4,14-16H2,2H3/t23-/m1/s1. The molecule has 0 saturated carbocycles. The molecule has 0 N–H and O–H groups in total. The van der Waals surface area contributed by atoms with Gasteiger partial charge in [-0.25, -0.2) is 0 Å². The molecule has 3 rings (SSSR count). The van der Waals surface area contributed by atoms with Crippen molar-refractivity contribution in [1.82, 2.24) is 0 Å². The van der Waals surface area contributed by atoms with Crippen LogP contribution in [0.15, 0.2) is 79.1 Å². The minimum Gasteiger partial charge on any atom is -0.498 e. The van der Waals surface area contributed by atoms with Crippen molar-refractivity contribution in [2.24, 2.45) is 0 Å². The van der Waals surface area contributed by atoms with E-state index >= 15 is 0 Å². The Bertz CT molecular complexity index is 790. The predicted octanol–water partition coefficient (Wildman–Crippen LogP) is 5.58. The van der Waals surface area contributed by atoms with Crippen molar-refractivity contribution in [1.29, 1.82) is 0 Å². The lowest BCUT2D eigenvalue weighted by molar-refractivity contribution is -0.121. The van der Waals surface area contributed by atoms with Gasteiger partial charge < -0.3 is 9.47 Å². The maximum absolute atomic E-state index is 12.9. The minimum atomic E-state index is -0.562. The average Bonchev–Trinajstić information content (AvgIpc) is 2.66. The number of carbonyl (C=O) groups excluding carboxylic acids is 1. The lowest BCUT2D eigenvalue weighted by Crippen LogP contribution is -2.37. The predicted molar refractivity (Wildman–Crippen MR) is 103 cm³/mol. The average molecular weight is 348 g/mol. The number of carbonyl (C=O) groups is 1. The molecule has 3 heteroatoms. The Morgan fingerprint density at radius 2 is 1.77 bits per heavy atom. The van der Waals surface area contributed by atoms with Gasteiger partial charge in [-0.15, -0.1) is 6.58 Å². The van der Waals surface area contributed by atoms with Crippen molar-refractivity contribution < 1.29 is 14.3 Å². The van der Waals surface area contributed by atoms with E-state index in [1.54, 1.807) is 6.08 Å². The number of hydrogen-bond donors (Lipinski definition) is 0. The van der Waals surface area contributed by atoms with Crippen molar-refractivity contribution in [3.8, 4) is 11.5 Å². The summed E-state index contributed by atoms with van der Waals surface area (Å²) in [5.74, 6) is 2.41. The second-order valence-corrected chi connectivity index (χ2v) is 6.42. The Hall–Kier alpha value is -2.81. The molecule has 1 aliphatic carbocycles. The molecule has 0 fully saturated rings. The van der Waals surface area contributed by atoms with Crippen LogP contribution in [0, 0.1) is 0 Å². The van der Waals surface area contributed by atoms with Crippen LogP contribution in [-0.2, 0) is 14.9 Å². The topological polar surface area (TPSA) is 35.5 Å². The smallest absolute Gasteiger partial charge is 0.169 e. The molecule has 2 aromatic rings. The van der Waals surface area contributed by atoms with Crippen molar-refractivity contribution >= 4 is 5.78 Å². The first-order chi connectivity index (χ1) is 12.7. The number of ether oxygens (including phenoxy) is 2. The lowest BCUT2D eigenvalue weighted by Gasteiger charge is -2.34. The first-order valence-corrected chi connectivity index (χ1v) is 9.00. The van der Waals surface area contributed by atoms with Gasteiger partial charge in [0.15, 0.2) is 5.78 Å². The zero-order valence-corrected chi connectivity index (χ0v) is 15.1. The van der Waals surface area contributed by atoms with E-state index in [0.29, 0.717) is 13.0 Å². The van der Waals surface area contributed by atoms with Crippen LogP contribution in [0.2, 0.25) is 0 Å². The molecule has 0 aromatic heterocycles. The molecular weight excluding hydrogens is 324 g/mol. The van der Waals surface area contributed by atoms with E-state index in [4.69, 9.17) is 9.47 Å². The summed E-state index contributed by atoms with van der Waals surface area (Å²) in [6.45, 7) is 6.38. The first-order valence-electron chi connectivity index (χ1n) is 9.00. The molecule has 0 aliphatic heterocycles. The summed E-state index contributed by atoms with van der Waals surface area (Å²) < 4.78 is 11.4. The maximum Gasteiger partial charge on any atom is 0.169 e. The molecular formula is C23H24O3. The molecule has 0 heterocycles. The van der Waals surface area contributed by atoms with Gasteiger partial charge in [-0.2, -0.15) is 0 Å². The molecule has 134 valence electrons. The van der Waals surface area contributed by atoms with Crippen LogP contribution in [0.3, 0.4) is 0 Å². The van der Waals surface area contributed by atoms with Gasteiger partial charge in [-0.3, -0.25) is 4.79 Å². The molecule has 0 bridgehead atoms. The van der Waals surface area contributed by atoms with Gasteiger partial charge in [-0.1, -0.05) is 36.4 Å². The van der Waals surface area contributed by atoms with Gasteiger partial charge in [0.2, 0.25) is 0 Å². The summed E-state index contributed by atoms with van der Waals surface area (Å²) in [5, 5.41) is 0.